The van der Waals surface area contributed by atoms with E-state index >= 15 is 0 Å². The Bertz CT molecular complexity index is 908. The molecule has 2 rings (SSSR count). The molecule has 0 aromatic heterocycles. The van der Waals surface area contributed by atoms with E-state index in [1.807, 2.05) is 0 Å². The van der Waals surface area contributed by atoms with Crippen molar-refractivity contribution in [1.82, 2.24) is 10.6 Å². The summed E-state index contributed by atoms with van der Waals surface area (Å²) in [5.74, 6) is 0.129. The molecule has 0 fully saturated rings. The highest BCUT2D eigenvalue weighted by atomic mass is 16.6. The number of allylic oxidation sites excluding steroid dienone is 2. The average molecular weight is 369 g/mol. The second kappa shape index (κ2) is 8.19. The first-order valence-corrected chi connectivity index (χ1v) is 8.05. The number of rotatable bonds is 5. The molecule has 140 valence electrons. The Hall–Kier alpha value is -3.60. The summed E-state index contributed by atoms with van der Waals surface area (Å²) in [7, 11) is 1.21. The molecule has 8 heteroatoms. The van der Waals surface area contributed by atoms with Gasteiger partial charge in [0.15, 0.2) is 0 Å². The van der Waals surface area contributed by atoms with Gasteiger partial charge < -0.3 is 15.4 Å². The van der Waals surface area contributed by atoms with Gasteiger partial charge in [-0.1, -0.05) is 24.1 Å². The number of amides is 1. The van der Waals surface area contributed by atoms with Gasteiger partial charge in [-0.2, -0.15) is 0 Å². The molecule has 1 unspecified atom stereocenters. The topological polar surface area (TPSA) is 111 Å². The number of nitrogens with one attached hydrogen (secondary N) is 2. The van der Waals surface area contributed by atoms with E-state index in [4.69, 9.17) is 11.2 Å². The van der Waals surface area contributed by atoms with Crippen LogP contribution in [0.25, 0.3) is 0 Å². The zero-order valence-electron chi connectivity index (χ0n) is 15.2. The molecule has 1 heterocycles. The van der Waals surface area contributed by atoms with Crippen LogP contribution in [0, 0.1) is 22.5 Å². The highest BCUT2D eigenvalue weighted by Gasteiger charge is 2.39. The smallest absolute Gasteiger partial charge is 0.336 e. The van der Waals surface area contributed by atoms with Crippen LogP contribution in [0.15, 0.2) is 46.8 Å². The summed E-state index contributed by atoms with van der Waals surface area (Å²) >= 11 is 0. The fourth-order valence-corrected chi connectivity index (χ4v) is 3.11. The van der Waals surface area contributed by atoms with Crippen LogP contribution < -0.4 is 10.6 Å². The number of carbonyl (C=O) groups excluding carboxylic acids is 2. The van der Waals surface area contributed by atoms with Crippen molar-refractivity contribution in [2.24, 2.45) is 0 Å². The number of hydrogen-bond donors (Lipinski definition) is 2. The quantitative estimate of drug-likeness (QED) is 0.354. The van der Waals surface area contributed by atoms with E-state index in [-0.39, 0.29) is 28.9 Å². The number of carbonyl (C=O) groups is 2. The SMILES string of the molecule is C#CCNC(=O)C1=C(C)NC(C)=C(C(=O)OC)C1c1ccccc1[N+](=O)[O-]. The van der Waals surface area contributed by atoms with Crippen molar-refractivity contribution < 1.29 is 19.2 Å². The highest BCUT2D eigenvalue weighted by Crippen LogP contribution is 2.42. The third-order valence-corrected chi connectivity index (χ3v) is 4.21. The normalized spacial score (nSPS) is 16.3. The van der Waals surface area contributed by atoms with Gasteiger partial charge in [-0.15, -0.1) is 6.42 Å². The van der Waals surface area contributed by atoms with Crippen LogP contribution in [0.3, 0.4) is 0 Å². The largest absolute Gasteiger partial charge is 0.466 e. The van der Waals surface area contributed by atoms with Gasteiger partial charge in [0.05, 0.1) is 30.1 Å². The third kappa shape index (κ3) is 3.82. The Labute approximate surface area is 156 Å². The van der Waals surface area contributed by atoms with Crippen LogP contribution in [0.2, 0.25) is 0 Å². The molecule has 1 aliphatic rings. The lowest BCUT2D eigenvalue weighted by Crippen LogP contribution is -2.36. The maximum absolute atomic E-state index is 12.7. The summed E-state index contributed by atoms with van der Waals surface area (Å²) in [6.45, 7) is 3.28. The second-order valence-corrected chi connectivity index (χ2v) is 5.83. The molecule has 0 saturated heterocycles. The van der Waals surface area contributed by atoms with Gasteiger partial charge in [-0.05, 0) is 13.8 Å². The van der Waals surface area contributed by atoms with Gasteiger partial charge in [0.25, 0.3) is 11.6 Å². The first kappa shape index (κ1) is 19.7. The van der Waals surface area contributed by atoms with Gasteiger partial charge >= 0.3 is 5.97 Å². The average Bonchev–Trinajstić information content (AvgIpc) is 2.64. The predicted molar refractivity (Wildman–Crippen MR) is 98.2 cm³/mol. The lowest BCUT2D eigenvalue weighted by atomic mass is 9.79. The van der Waals surface area contributed by atoms with Gasteiger partial charge in [0, 0.05) is 28.6 Å². The Morgan fingerprint density at radius 3 is 2.52 bits per heavy atom. The van der Waals surface area contributed by atoms with Crippen LogP contribution in [-0.4, -0.2) is 30.5 Å². The highest BCUT2D eigenvalue weighted by molar-refractivity contribution is 6.02. The van der Waals surface area contributed by atoms with E-state index in [2.05, 4.69) is 16.6 Å². The molecule has 27 heavy (non-hydrogen) atoms. The molecule has 1 aromatic carbocycles. The molecular formula is C19H19N3O5. The Balaban J connectivity index is 2.75. The van der Waals surface area contributed by atoms with E-state index in [0.29, 0.717) is 11.4 Å². The van der Waals surface area contributed by atoms with Crippen molar-refractivity contribution in [3.05, 3.63) is 62.5 Å². The molecule has 0 radical (unpaired) electrons. The second-order valence-electron chi connectivity index (χ2n) is 5.83. The molecule has 1 aliphatic heterocycles. The Kier molecular flexibility index (Phi) is 5.98. The number of para-hydroxylation sites is 1. The Morgan fingerprint density at radius 2 is 1.93 bits per heavy atom. The molecule has 1 amide bonds. The van der Waals surface area contributed by atoms with Crippen LogP contribution in [0.1, 0.15) is 25.3 Å². The number of nitro groups is 1. The monoisotopic (exact) mass is 369 g/mol. The van der Waals surface area contributed by atoms with Crippen LogP contribution in [0.4, 0.5) is 5.69 Å². The number of ether oxygens (including phenoxy) is 1. The summed E-state index contributed by atoms with van der Waals surface area (Å²) in [5.41, 5.74) is 1.24. The number of benzene rings is 1. The molecule has 8 nitrogen and oxygen atoms in total. The number of esters is 1. The number of hydrogen-bond acceptors (Lipinski definition) is 6. The number of nitrogens with zero attached hydrogens (tertiary/aromatic N) is 1. The van der Waals surface area contributed by atoms with Crippen molar-refractivity contribution in [1.29, 1.82) is 0 Å². The summed E-state index contributed by atoms with van der Waals surface area (Å²) in [4.78, 5) is 36.2. The number of methoxy groups -OCH3 is 1. The van der Waals surface area contributed by atoms with Gasteiger partial charge in [-0.25, -0.2) is 4.79 Å². The van der Waals surface area contributed by atoms with Gasteiger partial charge in [-0.3, -0.25) is 14.9 Å². The van der Waals surface area contributed by atoms with Gasteiger partial charge in [0.1, 0.15) is 0 Å². The molecule has 1 atom stereocenters. The zero-order chi connectivity index (χ0) is 20.1. The van der Waals surface area contributed by atoms with E-state index < -0.39 is 22.7 Å². The van der Waals surface area contributed by atoms with E-state index in [1.54, 1.807) is 19.9 Å². The van der Waals surface area contributed by atoms with Crippen LogP contribution in [-0.2, 0) is 14.3 Å². The molecular weight excluding hydrogens is 350 g/mol. The maximum atomic E-state index is 12.7. The van der Waals surface area contributed by atoms with Crippen molar-refractivity contribution in [2.45, 2.75) is 19.8 Å². The number of nitro benzene ring substituents is 1. The minimum absolute atomic E-state index is 0.0184. The summed E-state index contributed by atoms with van der Waals surface area (Å²) in [5, 5.41) is 17.1. The van der Waals surface area contributed by atoms with Crippen molar-refractivity contribution in [2.75, 3.05) is 13.7 Å². The summed E-state index contributed by atoms with van der Waals surface area (Å²) < 4.78 is 4.86. The van der Waals surface area contributed by atoms with Crippen molar-refractivity contribution in [3.63, 3.8) is 0 Å². The standard InChI is InChI=1S/C19H19N3O5/c1-5-10-20-18(23)15-11(2)21-12(3)16(19(24)27-4)17(15)13-8-6-7-9-14(13)22(25)26/h1,6-9,17,21H,10H2,2-4H3,(H,20,23). The fraction of sp³-hybridized carbons (Fsp3) is 0.263. The molecule has 0 bridgehead atoms. The lowest BCUT2D eigenvalue weighted by Gasteiger charge is -2.30. The van der Waals surface area contributed by atoms with Crippen LogP contribution in [0.5, 0.6) is 0 Å². The van der Waals surface area contributed by atoms with Gasteiger partial charge in [0.2, 0.25) is 0 Å². The van der Waals surface area contributed by atoms with Crippen molar-refractivity contribution >= 4 is 17.6 Å². The zero-order valence-corrected chi connectivity index (χ0v) is 15.2. The van der Waals surface area contributed by atoms with E-state index in [1.165, 1.54) is 25.3 Å². The minimum atomic E-state index is -0.974. The summed E-state index contributed by atoms with van der Waals surface area (Å²) in [6.07, 6.45) is 5.20. The predicted octanol–water partition coefficient (Wildman–Crippen LogP) is 1.75. The maximum Gasteiger partial charge on any atom is 0.336 e. The van der Waals surface area contributed by atoms with E-state index in [9.17, 15) is 19.7 Å². The number of terminal acetylenes is 1. The van der Waals surface area contributed by atoms with Crippen molar-refractivity contribution in [3.8, 4) is 12.3 Å². The number of dihydropyridines is 1. The Morgan fingerprint density at radius 1 is 1.30 bits per heavy atom. The first-order valence-electron chi connectivity index (χ1n) is 8.05. The first-order chi connectivity index (χ1) is 12.8. The molecule has 1 aromatic rings. The molecule has 2 N–H and O–H groups in total. The fourth-order valence-electron chi connectivity index (χ4n) is 3.11. The minimum Gasteiger partial charge on any atom is -0.466 e. The van der Waals surface area contributed by atoms with E-state index in [0.717, 1.165) is 0 Å². The molecule has 0 saturated carbocycles. The lowest BCUT2D eigenvalue weighted by molar-refractivity contribution is -0.385. The molecule has 0 aliphatic carbocycles. The summed E-state index contributed by atoms with van der Waals surface area (Å²) in [6, 6.07) is 5.98. The van der Waals surface area contributed by atoms with Crippen LogP contribution >= 0.6 is 0 Å². The molecule has 0 spiro atoms. The third-order valence-electron chi connectivity index (χ3n) is 4.21.